The van der Waals surface area contributed by atoms with Gasteiger partial charge in [-0.25, -0.2) is 0 Å². The quantitative estimate of drug-likeness (QED) is 0.649. The minimum Gasteiger partial charge on any atom is -0.369 e. The molecule has 1 unspecified atom stereocenters. The van der Waals surface area contributed by atoms with Gasteiger partial charge in [0.05, 0.1) is 23.0 Å². The fourth-order valence-electron chi connectivity index (χ4n) is 2.60. The molecule has 0 saturated carbocycles. The van der Waals surface area contributed by atoms with Gasteiger partial charge in [-0.2, -0.15) is 0 Å². The lowest BCUT2D eigenvalue weighted by atomic mass is 10.0. The second-order valence-electron chi connectivity index (χ2n) is 5.71. The Morgan fingerprint density at radius 3 is 2.85 bits per heavy atom. The minimum atomic E-state index is -0.359. The molecular formula is C14H20ClN3O2. The molecule has 0 aliphatic carbocycles. The van der Waals surface area contributed by atoms with E-state index < -0.39 is 0 Å². The summed E-state index contributed by atoms with van der Waals surface area (Å²) in [7, 11) is 0. The molecule has 1 aromatic rings. The average molecular weight is 298 g/mol. The maximum absolute atomic E-state index is 12.7. The van der Waals surface area contributed by atoms with Gasteiger partial charge < -0.3 is 15.1 Å². The Labute approximate surface area is 124 Å². The zero-order valence-corrected chi connectivity index (χ0v) is 12.7. The lowest BCUT2D eigenvalue weighted by Gasteiger charge is -2.41. The molecule has 2 rings (SSSR count). The topological polar surface area (TPSA) is 67.6 Å². The number of benzene rings is 1. The van der Waals surface area contributed by atoms with E-state index in [1.54, 1.807) is 23.1 Å². The van der Waals surface area contributed by atoms with Crippen LogP contribution in [0.2, 0.25) is 5.02 Å². The Morgan fingerprint density at radius 2 is 2.25 bits per heavy atom. The van der Waals surface area contributed by atoms with E-state index in [2.05, 4.69) is 5.43 Å². The van der Waals surface area contributed by atoms with Crippen molar-refractivity contribution in [3.05, 3.63) is 28.8 Å². The molecule has 20 heavy (non-hydrogen) atoms. The number of hydrazine groups is 1. The van der Waals surface area contributed by atoms with Gasteiger partial charge in [0, 0.05) is 18.1 Å². The molecule has 0 spiro atoms. The molecule has 1 atom stereocenters. The van der Waals surface area contributed by atoms with Gasteiger partial charge in [0.15, 0.2) is 0 Å². The van der Waals surface area contributed by atoms with E-state index >= 15 is 0 Å². The van der Waals surface area contributed by atoms with Gasteiger partial charge in [0.1, 0.15) is 0 Å². The number of nitrogens with one attached hydrogen (secondary N) is 1. The molecule has 0 aromatic heterocycles. The van der Waals surface area contributed by atoms with Crippen LogP contribution in [0.15, 0.2) is 18.2 Å². The summed E-state index contributed by atoms with van der Waals surface area (Å²) in [6, 6.07) is 5.02. The van der Waals surface area contributed by atoms with E-state index in [1.807, 2.05) is 20.8 Å². The lowest BCUT2D eigenvalue weighted by molar-refractivity contribution is -0.118. The third-order valence-electron chi connectivity index (χ3n) is 3.22. The van der Waals surface area contributed by atoms with Crippen molar-refractivity contribution in [1.29, 1.82) is 0 Å². The number of hydrogen-bond donors (Lipinski definition) is 2. The number of nitrogens with zero attached hydrogens (tertiary/aromatic N) is 1. The van der Waals surface area contributed by atoms with Crippen LogP contribution in [-0.2, 0) is 4.74 Å². The molecule has 1 saturated heterocycles. The van der Waals surface area contributed by atoms with Crippen molar-refractivity contribution in [2.75, 3.05) is 18.5 Å². The zero-order chi connectivity index (χ0) is 14.9. The summed E-state index contributed by atoms with van der Waals surface area (Å²) < 4.78 is 5.81. The first-order valence-corrected chi connectivity index (χ1v) is 6.93. The predicted octanol–water partition coefficient (Wildman–Crippen LogP) is 2.27. The number of rotatable bonds is 2. The molecule has 110 valence electrons. The highest BCUT2D eigenvalue weighted by molar-refractivity contribution is 6.31. The van der Waals surface area contributed by atoms with Gasteiger partial charge in [-0.15, -0.1) is 0 Å². The van der Waals surface area contributed by atoms with Crippen molar-refractivity contribution < 1.29 is 9.53 Å². The third kappa shape index (κ3) is 3.23. The first-order chi connectivity index (χ1) is 9.32. The smallest absolute Gasteiger partial charge is 0.256 e. The van der Waals surface area contributed by atoms with Gasteiger partial charge in [0.25, 0.3) is 5.91 Å². The molecule has 0 bridgehead atoms. The largest absolute Gasteiger partial charge is 0.369 e. The highest BCUT2D eigenvalue weighted by atomic mass is 35.5. The molecular weight excluding hydrogens is 278 g/mol. The molecule has 1 fully saturated rings. The summed E-state index contributed by atoms with van der Waals surface area (Å²) in [4.78, 5) is 14.5. The molecule has 1 aliphatic rings. The zero-order valence-electron chi connectivity index (χ0n) is 11.9. The van der Waals surface area contributed by atoms with Crippen molar-refractivity contribution in [2.45, 2.75) is 32.5 Å². The Hall–Kier alpha value is -1.30. The number of ether oxygens (including phenoxy) is 1. The summed E-state index contributed by atoms with van der Waals surface area (Å²) >= 11 is 5.98. The number of carbonyl (C=O) groups excluding carboxylic acids is 1. The first-order valence-electron chi connectivity index (χ1n) is 6.55. The third-order valence-corrected chi connectivity index (χ3v) is 3.46. The number of hydrogen-bond acceptors (Lipinski definition) is 4. The van der Waals surface area contributed by atoms with Gasteiger partial charge in [-0.05, 0) is 39.0 Å². The summed E-state index contributed by atoms with van der Waals surface area (Å²) in [6.45, 7) is 7.00. The van der Waals surface area contributed by atoms with E-state index in [4.69, 9.17) is 22.2 Å². The highest BCUT2D eigenvalue weighted by Crippen LogP contribution is 2.26. The fraction of sp³-hybridized carbons (Fsp3) is 0.500. The van der Waals surface area contributed by atoms with Crippen LogP contribution in [0.5, 0.6) is 0 Å². The van der Waals surface area contributed by atoms with Gasteiger partial charge in [-0.3, -0.25) is 10.6 Å². The Kier molecular flexibility index (Phi) is 4.22. The van der Waals surface area contributed by atoms with E-state index in [-0.39, 0.29) is 17.6 Å². The number of morpholine rings is 1. The number of anilines is 1. The van der Waals surface area contributed by atoms with Crippen molar-refractivity contribution in [1.82, 2.24) is 4.90 Å². The lowest BCUT2D eigenvalue weighted by Crippen LogP contribution is -2.53. The van der Waals surface area contributed by atoms with Gasteiger partial charge >= 0.3 is 0 Å². The van der Waals surface area contributed by atoms with Crippen LogP contribution in [0.4, 0.5) is 5.69 Å². The van der Waals surface area contributed by atoms with Crippen LogP contribution >= 0.6 is 11.6 Å². The van der Waals surface area contributed by atoms with Gasteiger partial charge in [0.2, 0.25) is 0 Å². The van der Waals surface area contributed by atoms with E-state index in [1.165, 1.54) is 0 Å². The maximum Gasteiger partial charge on any atom is 0.256 e. The van der Waals surface area contributed by atoms with Crippen LogP contribution < -0.4 is 11.3 Å². The van der Waals surface area contributed by atoms with E-state index in [9.17, 15) is 4.79 Å². The number of nitrogens with two attached hydrogens (primary N) is 1. The number of nitrogen functional groups attached to an aromatic ring is 1. The first kappa shape index (κ1) is 15.1. The van der Waals surface area contributed by atoms with Crippen molar-refractivity contribution in [3.8, 4) is 0 Å². The SMILES string of the molecule is CC1CN(C(=O)c2cc(Cl)ccc2NN)CC(C)(C)O1. The summed E-state index contributed by atoms with van der Waals surface area (Å²) in [5, 5.41) is 0.507. The van der Waals surface area contributed by atoms with E-state index in [0.717, 1.165) is 0 Å². The summed E-state index contributed by atoms with van der Waals surface area (Å²) in [6.07, 6.45) is -0.00355. The fourth-order valence-corrected chi connectivity index (χ4v) is 2.77. The summed E-state index contributed by atoms with van der Waals surface area (Å²) in [5.41, 5.74) is 3.22. The van der Waals surface area contributed by atoms with Crippen LogP contribution in [0.3, 0.4) is 0 Å². The molecule has 0 radical (unpaired) electrons. The molecule has 3 N–H and O–H groups in total. The molecule has 5 nitrogen and oxygen atoms in total. The summed E-state index contributed by atoms with van der Waals surface area (Å²) in [5.74, 6) is 5.37. The molecule has 1 aliphatic heterocycles. The standard InChI is InChI=1S/C14H20ClN3O2/c1-9-7-18(8-14(2,3)20-9)13(19)11-6-10(15)4-5-12(11)17-16/h4-6,9,17H,7-8,16H2,1-3H3. The van der Waals surface area contributed by atoms with Crippen molar-refractivity contribution >= 4 is 23.2 Å². The second-order valence-corrected chi connectivity index (χ2v) is 6.14. The molecule has 1 amide bonds. The van der Waals surface area contributed by atoms with Gasteiger partial charge in [-0.1, -0.05) is 11.6 Å². The molecule has 1 aromatic carbocycles. The van der Waals surface area contributed by atoms with Crippen molar-refractivity contribution in [3.63, 3.8) is 0 Å². The molecule has 1 heterocycles. The number of halogens is 1. The average Bonchev–Trinajstić information content (AvgIpc) is 2.35. The van der Waals surface area contributed by atoms with Crippen molar-refractivity contribution in [2.24, 2.45) is 5.84 Å². The minimum absolute atomic E-state index is 0.00355. The number of amides is 1. The second kappa shape index (κ2) is 5.60. The van der Waals surface area contributed by atoms with E-state index in [0.29, 0.717) is 29.4 Å². The Balaban J connectivity index is 2.29. The Bertz CT molecular complexity index is 519. The molecule has 6 heteroatoms. The van der Waals surface area contributed by atoms with Crippen LogP contribution in [0.25, 0.3) is 0 Å². The number of carbonyl (C=O) groups is 1. The normalized spacial score (nSPS) is 21.6. The monoisotopic (exact) mass is 297 g/mol. The van der Waals surface area contributed by atoms with Crippen LogP contribution in [0.1, 0.15) is 31.1 Å². The predicted molar refractivity (Wildman–Crippen MR) is 79.8 cm³/mol. The maximum atomic E-state index is 12.7. The van der Waals surface area contributed by atoms with Crippen LogP contribution in [0, 0.1) is 0 Å². The van der Waals surface area contributed by atoms with Crippen LogP contribution in [-0.4, -0.2) is 35.6 Å². The Morgan fingerprint density at radius 1 is 1.55 bits per heavy atom. The highest BCUT2D eigenvalue weighted by Gasteiger charge is 2.34.